The van der Waals surface area contributed by atoms with Gasteiger partial charge in [-0.25, -0.2) is 4.39 Å². The molecule has 0 aliphatic carbocycles. The fourth-order valence-electron chi connectivity index (χ4n) is 3.23. The van der Waals surface area contributed by atoms with E-state index < -0.39 is 0 Å². The van der Waals surface area contributed by atoms with Gasteiger partial charge in [0.25, 0.3) is 0 Å². The highest BCUT2D eigenvalue weighted by molar-refractivity contribution is 5.79. The molecule has 0 saturated carbocycles. The van der Waals surface area contributed by atoms with Crippen molar-refractivity contribution in [1.29, 1.82) is 0 Å². The van der Waals surface area contributed by atoms with Crippen LogP contribution >= 0.6 is 0 Å². The minimum atomic E-state index is -0.267. The summed E-state index contributed by atoms with van der Waals surface area (Å²) in [4.78, 5) is 4.23. The average Bonchev–Trinajstić information content (AvgIpc) is 3.04. The standard InChI is InChI=1S/C18H26FN3O3/c1-18(5-3-7-25-18)11-22-17(20-2)21-6-4-13-8-15(19)9-14-10-23-12-24-16(13)14/h8-9H,3-7,10-12H2,1-2H3,(H2,20,21,22). The summed E-state index contributed by atoms with van der Waals surface area (Å²) in [7, 11) is 1.73. The summed E-state index contributed by atoms with van der Waals surface area (Å²) < 4.78 is 30.3. The number of rotatable bonds is 5. The molecule has 2 aliphatic rings. The van der Waals surface area contributed by atoms with Gasteiger partial charge in [0.2, 0.25) is 0 Å². The van der Waals surface area contributed by atoms with Crippen LogP contribution in [-0.2, 0) is 22.5 Å². The lowest BCUT2D eigenvalue weighted by molar-refractivity contribution is -0.0172. The predicted molar refractivity (Wildman–Crippen MR) is 93.3 cm³/mol. The van der Waals surface area contributed by atoms with Crippen LogP contribution in [0.15, 0.2) is 17.1 Å². The molecule has 1 aromatic rings. The topological polar surface area (TPSA) is 64.1 Å². The van der Waals surface area contributed by atoms with Crippen LogP contribution in [0.3, 0.4) is 0 Å². The van der Waals surface area contributed by atoms with Crippen molar-refractivity contribution in [1.82, 2.24) is 10.6 Å². The van der Waals surface area contributed by atoms with Crippen LogP contribution in [0.25, 0.3) is 0 Å². The smallest absolute Gasteiger partial charge is 0.191 e. The Morgan fingerprint density at radius 3 is 3.00 bits per heavy atom. The van der Waals surface area contributed by atoms with Gasteiger partial charge in [0.15, 0.2) is 12.8 Å². The number of hydrogen-bond donors (Lipinski definition) is 2. The Hall–Kier alpha value is -1.86. The van der Waals surface area contributed by atoms with E-state index in [1.807, 2.05) is 0 Å². The Balaban J connectivity index is 1.52. The molecule has 25 heavy (non-hydrogen) atoms. The molecule has 2 N–H and O–H groups in total. The first-order valence-electron chi connectivity index (χ1n) is 8.70. The molecule has 6 nitrogen and oxygen atoms in total. The molecule has 0 bridgehead atoms. The van der Waals surface area contributed by atoms with Crippen molar-refractivity contribution in [2.45, 2.75) is 38.4 Å². The zero-order chi connectivity index (χ0) is 17.7. The molecule has 1 atom stereocenters. The fourth-order valence-corrected chi connectivity index (χ4v) is 3.23. The second-order valence-electron chi connectivity index (χ2n) is 6.67. The maximum atomic E-state index is 13.8. The van der Waals surface area contributed by atoms with Crippen LogP contribution in [0.5, 0.6) is 5.75 Å². The van der Waals surface area contributed by atoms with E-state index in [0.717, 1.165) is 36.3 Å². The minimum absolute atomic E-state index is 0.132. The van der Waals surface area contributed by atoms with Crippen LogP contribution in [0.1, 0.15) is 30.9 Å². The highest BCUT2D eigenvalue weighted by Gasteiger charge is 2.29. The Kier molecular flexibility index (Phi) is 5.75. The molecule has 0 radical (unpaired) electrons. The van der Waals surface area contributed by atoms with Gasteiger partial charge in [-0.3, -0.25) is 4.99 Å². The van der Waals surface area contributed by atoms with Crippen molar-refractivity contribution in [2.75, 3.05) is 33.5 Å². The highest BCUT2D eigenvalue weighted by Crippen LogP contribution is 2.29. The molecule has 1 unspecified atom stereocenters. The van der Waals surface area contributed by atoms with Crippen molar-refractivity contribution in [3.63, 3.8) is 0 Å². The van der Waals surface area contributed by atoms with Gasteiger partial charge in [0, 0.05) is 32.3 Å². The van der Waals surface area contributed by atoms with Gasteiger partial charge in [-0.15, -0.1) is 0 Å². The van der Waals surface area contributed by atoms with Crippen LogP contribution in [-0.4, -0.2) is 45.1 Å². The number of nitrogens with one attached hydrogen (secondary N) is 2. The van der Waals surface area contributed by atoms with Crippen molar-refractivity contribution in [3.05, 3.63) is 29.1 Å². The zero-order valence-electron chi connectivity index (χ0n) is 14.9. The molecule has 1 fully saturated rings. The lowest BCUT2D eigenvalue weighted by Crippen LogP contribution is -2.46. The SMILES string of the molecule is CN=C(NCCc1cc(F)cc2c1OCOC2)NCC1(C)CCCO1. The van der Waals surface area contributed by atoms with Crippen molar-refractivity contribution < 1.29 is 18.6 Å². The maximum absolute atomic E-state index is 13.8. The maximum Gasteiger partial charge on any atom is 0.191 e. The van der Waals surface area contributed by atoms with E-state index in [2.05, 4.69) is 22.5 Å². The number of hydrogen-bond acceptors (Lipinski definition) is 4. The summed E-state index contributed by atoms with van der Waals surface area (Å²) in [5.41, 5.74) is 1.47. The van der Waals surface area contributed by atoms with Crippen LogP contribution in [0.2, 0.25) is 0 Å². The van der Waals surface area contributed by atoms with Crippen LogP contribution in [0.4, 0.5) is 4.39 Å². The Morgan fingerprint density at radius 1 is 1.36 bits per heavy atom. The van der Waals surface area contributed by atoms with E-state index in [9.17, 15) is 4.39 Å². The third-order valence-corrected chi connectivity index (χ3v) is 4.59. The van der Waals surface area contributed by atoms with E-state index in [1.165, 1.54) is 12.1 Å². The van der Waals surface area contributed by atoms with E-state index in [1.54, 1.807) is 7.05 Å². The average molecular weight is 351 g/mol. The van der Waals surface area contributed by atoms with Gasteiger partial charge in [0.1, 0.15) is 11.6 Å². The Labute approximate surface area is 147 Å². The molecule has 3 rings (SSSR count). The molecule has 0 aromatic heterocycles. The van der Waals surface area contributed by atoms with Gasteiger partial charge >= 0.3 is 0 Å². The molecule has 2 aliphatic heterocycles. The first-order valence-corrected chi connectivity index (χ1v) is 8.70. The second kappa shape index (κ2) is 8.01. The summed E-state index contributed by atoms with van der Waals surface area (Å²) in [5, 5.41) is 6.56. The third-order valence-electron chi connectivity index (χ3n) is 4.59. The normalized spacial score (nSPS) is 23.1. The first kappa shape index (κ1) is 17.9. The second-order valence-corrected chi connectivity index (χ2v) is 6.67. The molecule has 0 amide bonds. The van der Waals surface area contributed by atoms with Crippen molar-refractivity contribution in [3.8, 4) is 5.75 Å². The lowest BCUT2D eigenvalue weighted by atomic mass is 10.0. The van der Waals surface area contributed by atoms with Crippen molar-refractivity contribution in [2.24, 2.45) is 4.99 Å². The molecular formula is C18H26FN3O3. The third kappa shape index (κ3) is 4.61. The molecule has 2 heterocycles. The highest BCUT2D eigenvalue weighted by atomic mass is 19.1. The van der Waals surface area contributed by atoms with Crippen LogP contribution < -0.4 is 15.4 Å². The van der Waals surface area contributed by atoms with Gasteiger partial charge in [-0.1, -0.05) is 0 Å². The van der Waals surface area contributed by atoms with Gasteiger partial charge < -0.3 is 24.8 Å². The quantitative estimate of drug-likeness (QED) is 0.627. The van der Waals surface area contributed by atoms with E-state index >= 15 is 0 Å². The zero-order valence-corrected chi connectivity index (χ0v) is 14.9. The number of fused-ring (bicyclic) bond motifs is 1. The Morgan fingerprint density at radius 2 is 2.24 bits per heavy atom. The first-order chi connectivity index (χ1) is 12.1. The number of ether oxygens (including phenoxy) is 3. The molecule has 1 aromatic carbocycles. The fraction of sp³-hybridized carbons (Fsp3) is 0.611. The lowest BCUT2D eigenvalue weighted by Gasteiger charge is -2.25. The molecule has 138 valence electrons. The monoisotopic (exact) mass is 351 g/mol. The number of nitrogens with zero attached hydrogens (tertiary/aromatic N) is 1. The number of benzene rings is 1. The van der Waals surface area contributed by atoms with E-state index in [0.29, 0.717) is 32.1 Å². The summed E-state index contributed by atoms with van der Waals surface area (Å²) >= 11 is 0. The summed E-state index contributed by atoms with van der Waals surface area (Å²) in [6.07, 6.45) is 2.78. The number of guanidine groups is 1. The summed E-state index contributed by atoms with van der Waals surface area (Å²) in [5.74, 6) is 1.19. The molecule has 1 saturated heterocycles. The largest absolute Gasteiger partial charge is 0.467 e. The van der Waals surface area contributed by atoms with E-state index in [4.69, 9.17) is 14.2 Å². The van der Waals surface area contributed by atoms with Crippen LogP contribution in [0, 0.1) is 5.82 Å². The van der Waals surface area contributed by atoms with Gasteiger partial charge in [0.05, 0.1) is 12.2 Å². The number of aliphatic imine (C=N–C) groups is 1. The predicted octanol–water partition coefficient (Wildman–Crippen LogP) is 1.97. The number of halogens is 1. The van der Waals surface area contributed by atoms with Gasteiger partial charge in [-0.2, -0.15) is 0 Å². The van der Waals surface area contributed by atoms with Gasteiger partial charge in [-0.05, 0) is 43.9 Å². The summed E-state index contributed by atoms with van der Waals surface area (Å²) in [6, 6.07) is 2.99. The Bertz CT molecular complexity index is 630. The molecular weight excluding hydrogens is 325 g/mol. The van der Waals surface area contributed by atoms with E-state index in [-0.39, 0.29) is 18.2 Å². The summed E-state index contributed by atoms with van der Waals surface area (Å²) in [6.45, 7) is 4.85. The molecule has 0 spiro atoms. The van der Waals surface area contributed by atoms with Crippen molar-refractivity contribution >= 4 is 5.96 Å². The minimum Gasteiger partial charge on any atom is -0.467 e. The molecule has 7 heteroatoms.